The highest BCUT2D eigenvalue weighted by atomic mass is 35.5. The van der Waals surface area contributed by atoms with Crippen LogP contribution >= 0.6 is 11.6 Å². The number of aromatic nitrogens is 2. The second kappa shape index (κ2) is 5.99. The van der Waals surface area contributed by atoms with E-state index in [9.17, 15) is 9.18 Å². The molecule has 1 aromatic carbocycles. The highest BCUT2D eigenvalue weighted by Gasteiger charge is 2.12. The lowest BCUT2D eigenvalue weighted by Crippen LogP contribution is -2.14. The summed E-state index contributed by atoms with van der Waals surface area (Å²) in [6.07, 6.45) is 5.08. The summed E-state index contributed by atoms with van der Waals surface area (Å²) in [7, 11) is 0. The van der Waals surface area contributed by atoms with Gasteiger partial charge in [0.05, 0.1) is 5.69 Å². The normalized spacial score (nSPS) is 10.5. The molecule has 2 heterocycles. The van der Waals surface area contributed by atoms with Gasteiger partial charge in [0.25, 0.3) is 5.91 Å². The van der Waals surface area contributed by atoms with E-state index in [0.717, 1.165) is 5.69 Å². The fraction of sp³-hybridized carbons (Fsp3) is 0. The molecule has 0 bridgehead atoms. The number of nitrogens with one attached hydrogen (secondary N) is 1. The highest BCUT2D eigenvalue weighted by Crippen LogP contribution is 2.20. The Bertz CT molecular complexity index is 818. The number of benzene rings is 1. The van der Waals surface area contributed by atoms with E-state index in [1.165, 1.54) is 18.3 Å². The largest absolute Gasteiger partial charge is 0.324 e. The summed E-state index contributed by atoms with van der Waals surface area (Å²) in [5.74, 6) is -1.04. The molecule has 0 aliphatic heterocycles. The first-order valence-electron chi connectivity index (χ1n) is 6.49. The zero-order chi connectivity index (χ0) is 15.5. The predicted octanol–water partition coefficient (Wildman–Crippen LogP) is 3.92. The van der Waals surface area contributed by atoms with E-state index < -0.39 is 11.7 Å². The third-order valence-electron chi connectivity index (χ3n) is 3.06. The molecule has 0 saturated carbocycles. The fourth-order valence-corrected chi connectivity index (χ4v) is 2.15. The van der Waals surface area contributed by atoms with E-state index in [4.69, 9.17) is 11.6 Å². The number of hydrogen-bond donors (Lipinski definition) is 1. The summed E-state index contributed by atoms with van der Waals surface area (Å²) in [5.41, 5.74) is 0.942. The van der Waals surface area contributed by atoms with Crippen LogP contribution in [-0.2, 0) is 0 Å². The van der Waals surface area contributed by atoms with Crippen LogP contribution in [0.5, 0.6) is 0 Å². The SMILES string of the molecule is O=C(Nc1cc(-n2cccc2)ccc1F)c1cc(Cl)ccn1. The zero-order valence-electron chi connectivity index (χ0n) is 11.3. The number of pyridine rings is 1. The van der Waals surface area contributed by atoms with E-state index in [1.807, 2.05) is 29.1 Å². The molecule has 0 atom stereocenters. The van der Waals surface area contributed by atoms with Crippen molar-refractivity contribution in [1.82, 2.24) is 9.55 Å². The molecule has 110 valence electrons. The Morgan fingerprint density at radius 2 is 1.95 bits per heavy atom. The fourth-order valence-electron chi connectivity index (χ4n) is 1.99. The molecule has 6 heteroatoms. The molecular formula is C16H11ClFN3O. The molecule has 3 aromatic rings. The Morgan fingerprint density at radius 1 is 1.18 bits per heavy atom. The van der Waals surface area contributed by atoms with Crippen molar-refractivity contribution >= 4 is 23.2 Å². The molecule has 2 aromatic heterocycles. The molecule has 0 spiro atoms. The van der Waals surface area contributed by atoms with Gasteiger partial charge in [-0.25, -0.2) is 4.39 Å². The topological polar surface area (TPSA) is 46.9 Å². The smallest absolute Gasteiger partial charge is 0.274 e. The molecule has 22 heavy (non-hydrogen) atoms. The average Bonchev–Trinajstić information content (AvgIpc) is 3.04. The van der Waals surface area contributed by atoms with Gasteiger partial charge in [0.1, 0.15) is 11.5 Å². The summed E-state index contributed by atoms with van der Waals surface area (Å²) in [5, 5.41) is 2.90. The van der Waals surface area contributed by atoms with Crippen LogP contribution in [0.2, 0.25) is 5.02 Å². The zero-order valence-corrected chi connectivity index (χ0v) is 12.1. The monoisotopic (exact) mass is 315 g/mol. The van der Waals surface area contributed by atoms with Crippen molar-refractivity contribution in [1.29, 1.82) is 0 Å². The van der Waals surface area contributed by atoms with Gasteiger partial charge in [0, 0.05) is 29.3 Å². The molecule has 1 amide bonds. The summed E-state index contributed by atoms with van der Waals surface area (Å²) < 4.78 is 15.7. The van der Waals surface area contributed by atoms with Crippen LogP contribution in [-0.4, -0.2) is 15.5 Å². The van der Waals surface area contributed by atoms with Gasteiger partial charge < -0.3 is 9.88 Å². The van der Waals surface area contributed by atoms with Crippen LogP contribution in [0.15, 0.2) is 61.1 Å². The molecule has 4 nitrogen and oxygen atoms in total. The van der Waals surface area contributed by atoms with Gasteiger partial charge in [-0.1, -0.05) is 11.6 Å². The first kappa shape index (κ1) is 14.3. The predicted molar refractivity (Wildman–Crippen MR) is 82.9 cm³/mol. The second-order valence-corrected chi connectivity index (χ2v) is 5.00. The summed E-state index contributed by atoms with van der Waals surface area (Å²) in [6, 6.07) is 11.2. The molecule has 0 fully saturated rings. The average molecular weight is 316 g/mol. The van der Waals surface area contributed by atoms with Crippen molar-refractivity contribution in [3.63, 3.8) is 0 Å². The van der Waals surface area contributed by atoms with Crippen molar-refractivity contribution in [2.45, 2.75) is 0 Å². The molecule has 0 unspecified atom stereocenters. The third kappa shape index (κ3) is 2.99. The van der Waals surface area contributed by atoms with Gasteiger partial charge in [-0.3, -0.25) is 9.78 Å². The summed E-state index contributed by atoms with van der Waals surface area (Å²) in [6.45, 7) is 0. The van der Waals surface area contributed by atoms with E-state index in [0.29, 0.717) is 5.02 Å². The van der Waals surface area contributed by atoms with Crippen molar-refractivity contribution in [2.24, 2.45) is 0 Å². The van der Waals surface area contributed by atoms with Gasteiger partial charge in [-0.2, -0.15) is 0 Å². The maximum Gasteiger partial charge on any atom is 0.274 e. The van der Waals surface area contributed by atoms with Gasteiger partial charge in [0.15, 0.2) is 0 Å². The minimum atomic E-state index is -0.522. The Balaban J connectivity index is 1.88. The lowest BCUT2D eigenvalue weighted by atomic mass is 10.2. The molecular weight excluding hydrogens is 305 g/mol. The second-order valence-electron chi connectivity index (χ2n) is 4.57. The lowest BCUT2D eigenvalue weighted by molar-refractivity contribution is 0.102. The molecule has 0 radical (unpaired) electrons. The van der Waals surface area contributed by atoms with Crippen molar-refractivity contribution in [3.05, 3.63) is 77.6 Å². The van der Waals surface area contributed by atoms with E-state index in [1.54, 1.807) is 18.2 Å². The molecule has 0 aliphatic rings. The van der Waals surface area contributed by atoms with Crippen molar-refractivity contribution < 1.29 is 9.18 Å². The van der Waals surface area contributed by atoms with Gasteiger partial charge >= 0.3 is 0 Å². The molecule has 3 rings (SSSR count). The Labute approximate surface area is 131 Å². The summed E-state index contributed by atoms with van der Waals surface area (Å²) >= 11 is 5.82. The third-order valence-corrected chi connectivity index (χ3v) is 3.29. The van der Waals surface area contributed by atoms with E-state index in [2.05, 4.69) is 10.3 Å². The van der Waals surface area contributed by atoms with Crippen LogP contribution in [0.3, 0.4) is 0 Å². The number of amides is 1. The van der Waals surface area contributed by atoms with Gasteiger partial charge in [0.2, 0.25) is 0 Å². The van der Waals surface area contributed by atoms with E-state index in [-0.39, 0.29) is 11.4 Å². The van der Waals surface area contributed by atoms with Gasteiger partial charge in [-0.15, -0.1) is 0 Å². The first-order chi connectivity index (χ1) is 10.6. The molecule has 1 N–H and O–H groups in total. The Kier molecular flexibility index (Phi) is 3.89. The Hall–Kier alpha value is -2.66. The van der Waals surface area contributed by atoms with E-state index >= 15 is 0 Å². The number of carbonyl (C=O) groups is 1. The number of rotatable bonds is 3. The summed E-state index contributed by atoms with van der Waals surface area (Å²) in [4.78, 5) is 16.0. The molecule has 0 saturated heterocycles. The highest BCUT2D eigenvalue weighted by molar-refractivity contribution is 6.30. The number of carbonyl (C=O) groups excluding carboxylic acids is 1. The van der Waals surface area contributed by atoms with Crippen LogP contribution in [0, 0.1) is 5.82 Å². The number of halogens is 2. The van der Waals surface area contributed by atoms with Crippen LogP contribution < -0.4 is 5.32 Å². The lowest BCUT2D eigenvalue weighted by Gasteiger charge is -2.09. The van der Waals surface area contributed by atoms with Crippen LogP contribution in [0.1, 0.15) is 10.5 Å². The van der Waals surface area contributed by atoms with Crippen LogP contribution in [0.4, 0.5) is 10.1 Å². The number of anilines is 1. The minimum absolute atomic E-state index is 0.0815. The number of nitrogens with zero attached hydrogens (tertiary/aromatic N) is 2. The first-order valence-corrected chi connectivity index (χ1v) is 6.87. The Morgan fingerprint density at radius 3 is 2.68 bits per heavy atom. The molecule has 0 aliphatic carbocycles. The standard InChI is InChI=1S/C16H11ClFN3O/c17-11-5-6-19-15(9-11)16(22)20-14-10-12(3-4-13(14)18)21-7-1-2-8-21/h1-10H,(H,20,22). The quantitative estimate of drug-likeness (QED) is 0.796. The van der Waals surface area contributed by atoms with Crippen molar-refractivity contribution in [3.8, 4) is 5.69 Å². The van der Waals surface area contributed by atoms with Crippen LogP contribution in [0.25, 0.3) is 5.69 Å². The maximum absolute atomic E-state index is 13.9. The maximum atomic E-state index is 13.9. The minimum Gasteiger partial charge on any atom is -0.324 e. The van der Waals surface area contributed by atoms with Gasteiger partial charge in [-0.05, 0) is 42.5 Å². The van der Waals surface area contributed by atoms with Crippen molar-refractivity contribution in [2.75, 3.05) is 5.32 Å². The number of hydrogen-bond acceptors (Lipinski definition) is 2.